The van der Waals surface area contributed by atoms with Crippen LogP contribution < -0.4 is 5.32 Å². The van der Waals surface area contributed by atoms with Gasteiger partial charge >= 0.3 is 0 Å². The lowest BCUT2D eigenvalue weighted by Gasteiger charge is -2.10. The molecule has 1 aliphatic carbocycles. The lowest BCUT2D eigenvalue weighted by atomic mass is 10.0. The zero-order valence-electron chi connectivity index (χ0n) is 10.4. The van der Waals surface area contributed by atoms with Gasteiger partial charge < -0.3 is 5.32 Å². The Bertz CT molecular complexity index is 384. The molecular weight excluding hydrogens is 212 g/mol. The van der Waals surface area contributed by atoms with Gasteiger partial charge in [-0.05, 0) is 30.9 Å². The fourth-order valence-corrected chi connectivity index (χ4v) is 2.44. The van der Waals surface area contributed by atoms with Crippen molar-refractivity contribution in [3.8, 4) is 0 Å². The Morgan fingerprint density at radius 2 is 2.24 bits per heavy atom. The topological polar surface area (TPSA) is 42.0 Å². The van der Waals surface area contributed by atoms with E-state index in [0.29, 0.717) is 6.42 Å². The summed E-state index contributed by atoms with van der Waals surface area (Å²) in [5.74, 6) is 0.892. The summed E-state index contributed by atoms with van der Waals surface area (Å²) in [6.45, 7) is 1.98. The molecule has 0 atom stereocenters. The predicted octanol–water partition coefficient (Wildman–Crippen LogP) is 3.30. The van der Waals surface area contributed by atoms with Gasteiger partial charge in [-0.25, -0.2) is 0 Å². The standard InChI is InChI=1S/C14H20N2O/c1-11-8-9-15-10-13(11)16-14(17)7-6-12-4-2-3-5-12/h8-10,12H,2-7H2,1H3,(H,16,17). The first-order valence-electron chi connectivity index (χ1n) is 6.46. The molecule has 3 nitrogen and oxygen atoms in total. The van der Waals surface area contributed by atoms with Crippen LogP contribution in [0.25, 0.3) is 0 Å². The Kier molecular flexibility index (Phi) is 4.13. The third-order valence-corrected chi connectivity index (χ3v) is 3.57. The number of hydrogen-bond donors (Lipinski definition) is 1. The quantitative estimate of drug-likeness (QED) is 0.865. The van der Waals surface area contributed by atoms with E-state index in [2.05, 4.69) is 10.3 Å². The van der Waals surface area contributed by atoms with Crippen molar-refractivity contribution in [2.75, 3.05) is 5.32 Å². The minimum atomic E-state index is 0.119. The summed E-state index contributed by atoms with van der Waals surface area (Å²) in [6.07, 6.45) is 10.4. The summed E-state index contributed by atoms with van der Waals surface area (Å²) in [5, 5.41) is 2.93. The molecule has 0 aromatic carbocycles. The van der Waals surface area contributed by atoms with Crippen molar-refractivity contribution in [2.45, 2.75) is 45.4 Å². The smallest absolute Gasteiger partial charge is 0.224 e. The van der Waals surface area contributed by atoms with Crippen molar-refractivity contribution in [3.63, 3.8) is 0 Å². The van der Waals surface area contributed by atoms with Crippen molar-refractivity contribution in [1.29, 1.82) is 0 Å². The van der Waals surface area contributed by atoms with Gasteiger partial charge in [-0.15, -0.1) is 0 Å². The SMILES string of the molecule is Cc1ccncc1NC(=O)CCC1CCCC1. The van der Waals surface area contributed by atoms with Gasteiger partial charge in [-0.3, -0.25) is 9.78 Å². The fraction of sp³-hybridized carbons (Fsp3) is 0.571. The molecule has 0 unspecified atom stereocenters. The molecule has 1 N–H and O–H groups in total. The molecule has 1 fully saturated rings. The largest absolute Gasteiger partial charge is 0.325 e. The number of pyridine rings is 1. The van der Waals surface area contributed by atoms with Gasteiger partial charge in [0.05, 0.1) is 11.9 Å². The summed E-state index contributed by atoms with van der Waals surface area (Å²) in [5.41, 5.74) is 1.90. The number of carbonyl (C=O) groups is 1. The van der Waals surface area contributed by atoms with Gasteiger partial charge in [0.25, 0.3) is 0 Å². The third-order valence-electron chi connectivity index (χ3n) is 3.57. The normalized spacial score (nSPS) is 16.1. The van der Waals surface area contributed by atoms with E-state index < -0.39 is 0 Å². The Morgan fingerprint density at radius 3 is 2.94 bits per heavy atom. The highest BCUT2D eigenvalue weighted by Gasteiger charge is 2.16. The number of aryl methyl sites for hydroxylation is 1. The molecule has 1 heterocycles. The Morgan fingerprint density at radius 1 is 1.47 bits per heavy atom. The van der Waals surface area contributed by atoms with E-state index >= 15 is 0 Å². The molecule has 17 heavy (non-hydrogen) atoms. The van der Waals surface area contributed by atoms with E-state index in [1.807, 2.05) is 13.0 Å². The first-order valence-corrected chi connectivity index (χ1v) is 6.46. The maximum absolute atomic E-state index is 11.8. The van der Waals surface area contributed by atoms with Crippen LogP contribution in [-0.2, 0) is 4.79 Å². The molecule has 1 amide bonds. The Hall–Kier alpha value is -1.38. The lowest BCUT2D eigenvalue weighted by Crippen LogP contribution is -2.13. The number of amides is 1. The van der Waals surface area contributed by atoms with Crippen LogP contribution in [-0.4, -0.2) is 10.9 Å². The minimum Gasteiger partial charge on any atom is -0.325 e. The first-order chi connectivity index (χ1) is 8.25. The van der Waals surface area contributed by atoms with Crippen molar-refractivity contribution >= 4 is 11.6 Å². The average Bonchev–Trinajstić information content (AvgIpc) is 2.82. The number of hydrogen-bond acceptors (Lipinski definition) is 2. The zero-order valence-corrected chi connectivity index (χ0v) is 10.4. The van der Waals surface area contributed by atoms with E-state index in [4.69, 9.17) is 0 Å². The molecule has 0 radical (unpaired) electrons. The van der Waals surface area contributed by atoms with Crippen LogP contribution in [0, 0.1) is 12.8 Å². The van der Waals surface area contributed by atoms with Gasteiger partial charge in [0, 0.05) is 12.6 Å². The number of nitrogens with one attached hydrogen (secondary N) is 1. The molecule has 0 bridgehead atoms. The highest BCUT2D eigenvalue weighted by atomic mass is 16.1. The molecule has 2 rings (SSSR count). The number of rotatable bonds is 4. The van der Waals surface area contributed by atoms with E-state index in [1.165, 1.54) is 25.7 Å². The van der Waals surface area contributed by atoms with E-state index in [1.54, 1.807) is 12.4 Å². The number of anilines is 1. The monoisotopic (exact) mass is 232 g/mol. The molecule has 1 aromatic rings. The highest BCUT2D eigenvalue weighted by molar-refractivity contribution is 5.91. The Labute approximate surface area is 103 Å². The van der Waals surface area contributed by atoms with Crippen molar-refractivity contribution in [2.24, 2.45) is 5.92 Å². The van der Waals surface area contributed by atoms with Gasteiger partial charge in [0.2, 0.25) is 5.91 Å². The number of nitrogens with zero attached hydrogens (tertiary/aromatic N) is 1. The average molecular weight is 232 g/mol. The summed E-state index contributed by atoms with van der Waals surface area (Å²) in [6, 6.07) is 1.91. The minimum absolute atomic E-state index is 0.119. The molecule has 0 saturated heterocycles. The number of carbonyl (C=O) groups excluding carboxylic acids is 1. The van der Waals surface area contributed by atoms with Crippen LogP contribution in [0.3, 0.4) is 0 Å². The van der Waals surface area contributed by atoms with E-state index in [9.17, 15) is 4.79 Å². The van der Waals surface area contributed by atoms with Gasteiger partial charge in [0.15, 0.2) is 0 Å². The molecule has 0 aliphatic heterocycles. The summed E-state index contributed by atoms with van der Waals surface area (Å²) in [4.78, 5) is 15.8. The van der Waals surface area contributed by atoms with E-state index in [0.717, 1.165) is 23.6 Å². The molecule has 1 aliphatic rings. The summed E-state index contributed by atoms with van der Waals surface area (Å²) in [7, 11) is 0. The predicted molar refractivity (Wildman–Crippen MR) is 68.8 cm³/mol. The number of aromatic nitrogens is 1. The van der Waals surface area contributed by atoms with Crippen molar-refractivity contribution in [1.82, 2.24) is 4.98 Å². The van der Waals surface area contributed by atoms with Crippen LogP contribution in [0.5, 0.6) is 0 Å². The maximum Gasteiger partial charge on any atom is 0.224 e. The molecule has 1 aromatic heterocycles. The molecule has 3 heteroatoms. The van der Waals surface area contributed by atoms with Crippen LogP contribution in [0.1, 0.15) is 44.1 Å². The van der Waals surface area contributed by atoms with E-state index in [-0.39, 0.29) is 5.91 Å². The van der Waals surface area contributed by atoms with Gasteiger partial charge in [0.1, 0.15) is 0 Å². The Balaban J connectivity index is 1.79. The van der Waals surface area contributed by atoms with Crippen LogP contribution >= 0.6 is 0 Å². The van der Waals surface area contributed by atoms with Crippen molar-refractivity contribution < 1.29 is 4.79 Å². The summed E-state index contributed by atoms with van der Waals surface area (Å²) >= 11 is 0. The molecular formula is C14H20N2O. The molecule has 1 saturated carbocycles. The first kappa shape index (κ1) is 12.1. The van der Waals surface area contributed by atoms with Crippen molar-refractivity contribution in [3.05, 3.63) is 24.0 Å². The molecule has 92 valence electrons. The zero-order chi connectivity index (χ0) is 12.1. The van der Waals surface area contributed by atoms with Crippen LogP contribution in [0.4, 0.5) is 5.69 Å². The van der Waals surface area contributed by atoms with Crippen LogP contribution in [0.2, 0.25) is 0 Å². The fourth-order valence-electron chi connectivity index (χ4n) is 2.44. The second-order valence-corrected chi connectivity index (χ2v) is 4.93. The second-order valence-electron chi connectivity index (χ2n) is 4.93. The maximum atomic E-state index is 11.8. The highest BCUT2D eigenvalue weighted by Crippen LogP contribution is 2.28. The van der Waals surface area contributed by atoms with Crippen LogP contribution in [0.15, 0.2) is 18.5 Å². The van der Waals surface area contributed by atoms with Gasteiger partial charge in [-0.2, -0.15) is 0 Å². The second kappa shape index (κ2) is 5.80. The third kappa shape index (κ3) is 3.55. The summed E-state index contributed by atoms with van der Waals surface area (Å²) < 4.78 is 0. The van der Waals surface area contributed by atoms with Gasteiger partial charge in [-0.1, -0.05) is 25.7 Å². The lowest BCUT2D eigenvalue weighted by molar-refractivity contribution is -0.116. The molecule has 0 spiro atoms.